The van der Waals surface area contributed by atoms with E-state index in [0.717, 1.165) is 41.7 Å². The van der Waals surface area contributed by atoms with E-state index in [1.165, 1.54) is 0 Å². The zero-order valence-corrected chi connectivity index (χ0v) is 12.0. The van der Waals surface area contributed by atoms with Crippen LogP contribution in [0, 0.1) is 0 Å². The van der Waals surface area contributed by atoms with Crippen LogP contribution in [-0.2, 0) is 11.2 Å². The molecule has 1 atom stereocenters. The third-order valence-electron chi connectivity index (χ3n) is 2.65. The first-order valence-electron chi connectivity index (χ1n) is 5.74. The predicted octanol–water partition coefficient (Wildman–Crippen LogP) is 2.75. The first kappa shape index (κ1) is 14.5. The molecule has 1 rings (SSSR count). The second-order valence-corrected chi connectivity index (χ2v) is 4.97. The van der Waals surface area contributed by atoms with E-state index in [1.54, 1.807) is 14.2 Å². The highest BCUT2D eigenvalue weighted by atomic mass is 79.9. The third-order valence-corrected chi connectivity index (χ3v) is 3.14. The Morgan fingerprint density at radius 2 is 2.12 bits per heavy atom. The number of benzene rings is 1. The minimum atomic E-state index is 0.147. The maximum Gasteiger partial charge on any atom is 0.122 e. The minimum absolute atomic E-state index is 0.147. The molecule has 17 heavy (non-hydrogen) atoms. The summed E-state index contributed by atoms with van der Waals surface area (Å²) in [6.45, 7) is 0.767. The Kier molecular flexibility index (Phi) is 6.55. The molecule has 0 saturated carbocycles. The maximum absolute atomic E-state index is 6.09. The topological polar surface area (TPSA) is 44.5 Å². The van der Waals surface area contributed by atoms with Crippen molar-refractivity contribution >= 4 is 15.9 Å². The van der Waals surface area contributed by atoms with E-state index >= 15 is 0 Å². The lowest BCUT2D eigenvalue weighted by atomic mass is 10.0. The van der Waals surface area contributed by atoms with Crippen LogP contribution in [0.2, 0.25) is 0 Å². The Morgan fingerprint density at radius 3 is 2.76 bits per heavy atom. The number of hydrogen-bond acceptors (Lipinski definition) is 3. The maximum atomic E-state index is 6.09. The molecule has 3 nitrogen and oxygen atoms in total. The highest BCUT2D eigenvalue weighted by molar-refractivity contribution is 9.10. The van der Waals surface area contributed by atoms with E-state index in [1.807, 2.05) is 12.1 Å². The molecule has 0 bridgehead atoms. The lowest BCUT2D eigenvalue weighted by Crippen LogP contribution is -2.23. The summed E-state index contributed by atoms with van der Waals surface area (Å²) in [4.78, 5) is 0. The van der Waals surface area contributed by atoms with Gasteiger partial charge in [-0.3, -0.25) is 0 Å². The predicted molar refractivity (Wildman–Crippen MR) is 73.5 cm³/mol. The molecule has 0 saturated heterocycles. The van der Waals surface area contributed by atoms with Crippen molar-refractivity contribution in [1.29, 1.82) is 0 Å². The highest BCUT2D eigenvalue weighted by Gasteiger charge is 2.09. The Balaban J connectivity index is 2.57. The van der Waals surface area contributed by atoms with Crippen molar-refractivity contribution in [2.75, 3.05) is 20.8 Å². The number of methoxy groups -OCH3 is 2. The summed E-state index contributed by atoms with van der Waals surface area (Å²) < 4.78 is 11.4. The normalized spacial score (nSPS) is 12.5. The summed E-state index contributed by atoms with van der Waals surface area (Å²) in [6.07, 6.45) is 2.78. The highest BCUT2D eigenvalue weighted by Crippen LogP contribution is 2.24. The van der Waals surface area contributed by atoms with Crippen molar-refractivity contribution < 1.29 is 9.47 Å². The molecule has 4 heteroatoms. The molecule has 1 aromatic rings. The fraction of sp³-hybridized carbons (Fsp3) is 0.538. The number of ether oxygens (including phenoxy) is 2. The molecule has 0 aliphatic rings. The van der Waals surface area contributed by atoms with Gasteiger partial charge in [0.2, 0.25) is 0 Å². The van der Waals surface area contributed by atoms with Crippen molar-refractivity contribution in [3.8, 4) is 5.75 Å². The monoisotopic (exact) mass is 301 g/mol. The van der Waals surface area contributed by atoms with Crippen LogP contribution in [0.1, 0.15) is 18.4 Å². The first-order chi connectivity index (χ1) is 8.17. The van der Waals surface area contributed by atoms with Crippen LogP contribution in [0.25, 0.3) is 0 Å². The molecule has 0 fully saturated rings. The van der Waals surface area contributed by atoms with E-state index in [4.69, 9.17) is 15.2 Å². The summed E-state index contributed by atoms with van der Waals surface area (Å²) in [7, 11) is 3.39. The molecule has 0 aromatic heterocycles. The van der Waals surface area contributed by atoms with Gasteiger partial charge in [0.15, 0.2) is 0 Å². The van der Waals surface area contributed by atoms with E-state index in [2.05, 4.69) is 22.0 Å². The number of hydrogen-bond donors (Lipinski definition) is 1. The Morgan fingerprint density at radius 1 is 1.35 bits per heavy atom. The van der Waals surface area contributed by atoms with Gasteiger partial charge < -0.3 is 15.2 Å². The van der Waals surface area contributed by atoms with Crippen molar-refractivity contribution in [2.45, 2.75) is 25.3 Å². The van der Waals surface area contributed by atoms with E-state index in [9.17, 15) is 0 Å². The van der Waals surface area contributed by atoms with Gasteiger partial charge in [-0.15, -0.1) is 0 Å². The summed E-state index contributed by atoms with van der Waals surface area (Å²) in [5, 5.41) is 0. The average molecular weight is 302 g/mol. The number of nitrogens with two attached hydrogens (primary N) is 1. The van der Waals surface area contributed by atoms with Crippen LogP contribution in [-0.4, -0.2) is 26.9 Å². The van der Waals surface area contributed by atoms with Crippen molar-refractivity contribution in [2.24, 2.45) is 5.73 Å². The molecule has 0 amide bonds. The molecule has 1 unspecified atom stereocenters. The van der Waals surface area contributed by atoms with Crippen LogP contribution >= 0.6 is 15.9 Å². The zero-order chi connectivity index (χ0) is 12.7. The van der Waals surface area contributed by atoms with Crippen LogP contribution in [0.5, 0.6) is 5.75 Å². The molecule has 0 radical (unpaired) electrons. The fourth-order valence-electron chi connectivity index (χ4n) is 1.78. The standard InChI is InChI=1S/C13H20BrNO2/c1-16-7-3-4-12(15)9-10-8-11(14)5-6-13(10)17-2/h5-6,8,12H,3-4,7,9,15H2,1-2H3. The second-order valence-electron chi connectivity index (χ2n) is 4.06. The summed E-state index contributed by atoms with van der Waals surface area (Å²) >= 11 is 3.46. The van der Waals surface area contributed by atoms with Crippen LogP contribution in [0.15, 0.2) is 22.7 Å². The van der Waals surface area contributed by atoms with Gasteiger partial charge in [-0.05, 0) is 43.0 Å². The third kappa shape index (κ3) is 5.06. The summed E-state index contributed by atoms with van der Waals surface area (Å²) in [5.74, 6) is 0.899. The molecule has 0 spiro atoms. The molecule has 0 heterocycles. The average Bonchev–Trinajstić information content (AvgIpc) is 2.29. The van der Waals surface area contributed by atoms with Crippen molar-refractivity contribution in [3.05, 3.63) is 28.2 Å². The SMILES string of the molecule is COCCCC(N)Cc1cc(Br)ccc1OC. The number of rotatable bonds is 7. The smallest absolute Gasteiger partial charge is 0.122 e. The Bertz CT molecular complexity index is 344. The molecule has 96 valence electrons. The first-order valence-corrected chi connectivity index (χ1v) is 6.53. The van der Waals surface area contributed by atoms with Gasteiger partial charge in [-0.25, -0.2) is 0 Å². The van der Waals surface area contributed by atoms with Crippen LogP contribution < -0.4 is 10.5 Å². The van der Waals surface area contributed by atoms with Gasteiger partial charge in [-0.2, -0.15) is 0 Å². The second kappa shape index (κ2) is 7.69. The van der Waals surface area contributed by atoms with Gasteiger partial charge in [0, 0.05) is 24.2 Å². The quantitative estimate of drug-likeness (QED) is 0.788. The van der Waals surface area contributed by atoms with Gasteiger partial charge in [-0.1, -0.05) is 15.9 Å². The largest absolute Gasteiger partial charge is 0.496 e. The van der Waals surface area contributed by atoms with E-state index in [0.29, 0.717) is 0 Å². The number of halogens is 1. The van der Waals surface area contributed by atoms with Gasteiger partial charge in [0.25, 0.3) is 0 Å². The summed E-state index contributed by atoms with van der Waals surface area (Å²) in [6, 6.07) is 6.14. The lowest BCUT2D eigenvalue weighted by molar-refractivity contribution is 0.190. The summed E-state index contributed by atoms with van der Waals surface area (Å²) in [5.41, 5.74) is 7.24. The van der Waals surface area contributed by atoms with E-state index < -0.39 is 0 Å². The molecule has 1 aromatic carbocycles. The van der Waals surface area contributed by atoms with Crippen molar-refractivity contribution in [3.63, 3.8) is 0 Å². The van der Waals surface area contributed by atoms with Crippen LogP contribution in [0.3, 0.4) is 0 Å². The Hall–Kier alpha value is -0.580. The van der Waals surface area contributed by atoms with Crippen molar-refractivity contribution in [1.82, 2.24) is 0 Å². The Labute approximate surface area is 111 Å². The molecule has 0 aliphatic carbocycles. The van der Waals surface area contributed by atoms with Gasteiger partial charge in [0.1, 0.15) is 5.75 Å². The fourth-order valence-corrected chi connectivity index (χ4v) is 2.19. The van der Waals surface area contributed by atoms with E-state index in [-0.39, 0.29) is 6.04 Å². The zero-order valence-electron chi connectivity index (χ0n) is 10.4. The van der Waals surface area contributed by atoms with Gasteiger partial charge in [0.05, 0.1) is 7.11 Å². The molecule has 2 N–H and O–H groups in total. The lowest BCUT2D eigenvalue weighted by Gasteiger charge is -2.14. The minimum Gasteiger partial charge on any atom is -0.496 e. The molecular formula is C13H20BrNO2. The molecule has 0 aliphatic heterocycles. The van der Waals surface area contributed by atoms with Crippen LogP contribution in [0.4, 0.5) is 0 Å². The van der Waals surface area contributed by atoms with Gasteiger partial charge >= 0.3 is 0 Å². The molecular weight excluding hydrogens is 282 g/mol.